The highest BCUT2D eigenvalue weighted by atomic mass is 32.2. The Balaban J connectivity index is 1.53. The van der Waals surface area contributed by atoms with E-state index in [4.69, 9.17) is 0 Å². The van der Waals surface area contributed by atoms with E-state index < -0.39 is 63.1 Å². The molecule has 2 aromatic carbocycles. The molecule has 1 heterocycles. The summed E-state index contributed by atoms with van der Waals surface area (Å²) in [5.41, 5.74) is -0.817. The minimum atomic E-state index is -4.14. The van der Waals surface area contributed by atoms with Crippen LogP contribution in [0.25, 0.3) is 0 Å². The fraction of sp³-hybridized carbons (Fsp3) is 0.543. The van der Waals surface area contributed by atoms with Gasteiger partial charge in [0.15, 0.2) is 0 Å². The number of carbonyl (C=O) groups is 4. The first kappa shape index (κ1) is 39.6. The van der Waals surface area contributed by atoms with Crippen LogP contribution in [0.5, 0.6) is 0 Å². The summed E-state index contributed by atoms with van der Waals surface area (Å²) in [6.45, 7) is 5.68. The molecule has 4 rings (SSSR count). The van der Waals surface area contributed by atoms with Gasteiger partial charge in [0.05, 0.1) is 11.9 Å². The predicted octanol–water partition coefficient (Wildman–Crippen LogP) is 3.77. The van der Waals surface area contributed by atoms with Crippen molar-refractivity contribution in [2.24, 2.45) is 5.92 Å². The third-order valence-corrected chi connectivity index (χ3v) is 10.1. The monoisotopic (exact) mass is 736 g/mol. The molecule has 1 saturated heterocycles. The highest BCUT2D eigenvalue weighted by molar-refractivity contribution is 7.92. The summed E-state index contributed by atoms with van der Waals surface area (Å²) >= 11 is 0. The number of piperazine rings is 1. The second kappa shape index (κ2) is 16.9. The first-order chi connectivity index (χ1) is 24.0. The van der Waals surface area contributed by atoms with Crippen LogP contribution in [-0.4, -0.2) is 93.4 Å². The minimum Gasteiger partial charge on any atom is -0.344 e. The smallest absolute Gasteiger partial charge is 0.344 e. The number of carbonyl (C=O) groups excluding carboxylic acids is 4. The lowest BCUT2D eigenvalue weighted by Gasteiger charge is -2.36. The highest BCUT2D eigenvalue weighted by Gasteiger charge is 2.44. The Bertz CT molecular complexity index is 1700. The van der Waals surface area contributed by atoms with Crippen molar-refractivity contribution in [3.05, 3.63) is 59.4 Å². The van der Waals surface area contributed by atoms with E-state index in [9.17, 15) is 27.6 Å². The Morgan fingerprint density at radius 3 is 2.24 bits per heavy atom. The van der Waals surface area contributed by atoms with Gasteiger partial charge in [-0.2, -0.15) is 8.78 Å². The Labute approximate surface area is 296 Å². The van der Waals surface area contributed by atoms with Crippen LogP contribution >= 0.6 is 0 Å². The lowest BCUT2D eigenvalue weighted by atomic mass is 9.83. The topological polar surface area (TPSA) is 157 Å². The van der Waals surface area contributed by atoms with Crippen molar-refractivity contribution in [1.29, 1.82) is 0 Å². The van der Waals surface area contributed by atoms with Gasteiger partial charge in [-0.3, -0.25) is 23.9 Å². The molecule has 51 heavy (non-hydrogen) atoms. The lowest BCUT2D eigenvalue weighted by molar-refractivity contribution is -0.149. The van der Waals surface area contributed by atoms with Gasteiger partial charge in [0.25, 0.3) is 5.91 Å². The molecule has 0 spiro atoms. The van der Waals surface area contributed by atoms with Crippen LogP contribution in [0.2, 0.25) is 0 Å². The van der Waals surface area contributed by atoms with Crippen LogP contribution in [-0.2, 0) is 35.1 Å². The molecule has 0 aromatic heterocycles. The molecule has 2 fully saturated rings. The SMILES string of the molecule is CCC(=O)NC(C(=O)N1CCN(C)CC1)C(C)c1ccc(NC(=O)C(NC(=O)C(F)(F)c2cccc(NS(C)(=O)=O)c2)C2CCCCC2)c(F)c1. The molecule has 0 bridgehead atoms. The molecular formula is C35H47F3N6O6S. The number of alkyl halides is 2. The van der Waals surface area contributed by atoms with Gasteiger partial charge in [0, 0.05) is 49.8 Å². The van der Waals surface area contributed by atoms with E-state index in [0.717, 1.165) is 30.9 Å². The van der Waals surface area contributed by atoms with Crippen molar-refractivity contribution in [2.75, 3.05) is 49.5 Å². The van der Waals surface area contributed by atoms with E-state index in [-0.39, 0.29) is 29.6 Å². The maximum absolute atomic E-state index is 15.6. The zero-order valence-electron chi connectivity index (χ0n) is 29.3. The average molecular weight is 737 g/mol. The van der Waals surface area contributed by atoms with Crippen molar-refractivity contribution < 1.29 is 40.8 Å². The van der Waals surface area contributed by atoms with E-state index in [2.05, 4.69) is 25.6 Å². The predicted molar refractivity (Wildman–Crippen MR) is 187 cm³/mol. The number of sulfonamides is 1. The molecule has 4 N–H and O–H groups in total. The molecule has 0 radical (unpaired) electrons. The molecule has 1 saturated carbocycles. The van der Waals surface area contributed by atoms with Gasteiger partial charge in [-0.15, -0.1) is 0 Å². The van der Waals surface area contributed by atoms with Crippen molar-refractivity contribution >= 4 is 45.0 Å². The quantitative estimate of drug-likeness (QED) is 0.244. The Morgan fingerprint density at radius 1 is 0.961 bits per heavy atom. The number of nitrogens with zero attached hydrogens (tertiary/aromatic N) is 2. The number of nitrogens with one attached hydrogen (secondary N) is 4. The van der Waals surface area contributed by atoms with E-state index in [1.165, 1.54) is 24.3 Å². The summed E-state index contributed by atoms with van der Waals surface area (Å²) in [5.74, 6) is -9.39. The van der Waals surface area contributed by atoms with E-state index in [1.807, 2.05) is 7.05 Å². The number of halogens is 3. The van der Waals surface area contributed by atoms with Gasteiger partial charge in [0.2, 0.25) is 27.7 Å². The zero-order chi connectivity index (χ0) is 37.5. The Morgan fingerprint density at radius 2 is 1.63 bits per heavy atom. The Kier molecular flexibility index (Phi) is 13.1. The number of benzene rings is 2. The van der Waals surface area contributed by atoms with Crippen LogP contribution in [0.1, 0.15) is 69.4 Å². The minimum absolute atomic E-state index is 0.149. The van der Waals surface area contributed by atoms with Crippen LogP contribution in [0.4, 0.5) is 24.5 Å². The van der Waals surface area contributed by atoms with E-state index in [0.29, 0.717) is 57.4 Å². The zero-order valence-corrected chi connectivity index (χ0v) is 30.1. The lowest BCUT2D eigenvalue weighted by Crippen LogP contribution is -2.55. The number of amides is 4. The molecule has 4 amide bonds. The summed E-state index contributed by atoms with van der Waals surface area (Å²) in [4.78, 5) is 56.4. The molecule has 12 nitrogen and oxygen atoms in total. The maximum atomic E-state index is 15.6. The number of likely N-dealkylation sites (N-methyl/N-ethyl adjacent to an activating group) is 1. The molecule has 280 valence electrons. The van der Waals surface area contributed by atoms with Gasteiger partial charge in [0.1, 0.15) is 17.9 Å². The average Bonchev–Trinajstić information content (AvgIpc) is 3.09. The van der Waals surface area contributed by atoms with Crippen LogP contribution in [0, 0.1) is 11.7 Å². The summed E-state index contributed by atoms with van der Waals surface area (Å²) in [6.07, 6.45) is 4.25. The van der Waals surface area contributed by atoms with Crippen molar-refractivity contribution in [3.63, 3.8) is 0 Å². The molecule has 1 aliphatic heterocycles. The molecule has 16 heteroatoms. The molecule has 3 unspecified atom stereocenters. The molecule has 3 atom stereocenters. The normalized spacial score (nSPS) is 17.9. The standard InChI is InChI=1S/C35H47F3N6O6S/c1-5-29(45)40-30(33(47)44-18-16-43(3)17-19-44)22(2)24-14-15-28(27(36)20-24)39-32(46)31(23-10-7-6-8-11-23)41-34(48)35(37,38)25-12-9-13-26(21-25)42-51(4,49)50/h9,12-15,20-23,30-31,42H,5-8,10-11,16-19H2,1-4H3,(H,39,46)(H,40,45)(H,41,48). The molecule has 1 aliphatic carbocycles. The number of hydrogen-bond donors (Lipinski definition) is 4. The first-order valence-electron chi connectivity index (χ1n) is 17.1. The Hall–Kier alpha value is -4.18. The molecular weight excluding hydrogens is 689 g/mol. The van der Waals surface area contributed by atoms with Crippen LogP contribution in [0.3, 0.4) is 0 Å². The van der Waals surface area contributed by atoms with Crippen molar-refractivity contribution in [3.8, 4) is 0 Å². The number of rotatable bonds is 13. The number of anilines is 2. The summed E-state index contributed by atoms with van der Waals surface area (Å²) in [6, 6.07) is 5.82. The van der Waals surface area contributed by atoms with Crippen LogP contribution in [0.15, 0.2) is 42.5 Å². The van der Waals surface area contributed by atoms with Gasteiger partial charge in [-0.25, -0.2) is 12.8 Å². The van der Waals surface area contributed by atoms with Gasteiger partial charge >= 0.3 is 5.92 Å². The van der Waals surface area contributed by atoms with Gasteiger partial charge < -0.3 is 25.8 Å². The van der Waals surface area contributed by atoms with Gasteiger partial charge in [-0.1, -0.05) is 51.3 Å². The van der Waals surface area contributed by atoms with Crippen molar-refractivity contribution in [2.45, 2.75) is 76.3 Å². The summed E-state index contributed by atoms with van der Waals surface area (Å²) in [5, 5.41) is 7.43. The summed E-state index contributed by atoms with van der Waals surface area (Å²) < 4.78 is 71.9. The summed E-state index contributed by atoms with van der Waals surface area (Å²) in [7, 11) is -1.83. The largest absolute Gasteiger partial charge is 0.349 e. The van der Waals surface area contributed by atoms with Gasteiger partial charge in [-0.05, 0) is 55.6 Å². The highest BCUT2D eigenvalue weighted by Crippen LogP contribution is 2.33. The fourth-order valence-corrected chi connectivity index (χ4v) is 6.99. The third-order valence-electron chi connectivity index (χ3n) is 9.50. The van der Waals surface area contributed by atoms with Crippen LogP contribution < -0.4 is 20.7 Å². The molecule has 2 aromatic rings. The maximum Gasteiger partial charge on any atom is 0.349 e. The molecule has 2 aliphatic rings. The van der Waals surface area contributed by atoms with E-state index >= 15 is 13.2 Å². The third kappa shape index (κ3) is 10.4. The number of hydrogen-bond acceptors (Lipinski definition) is 7. The second-order valence-electron chi connectivity index (χ2n) is 13.4. The van der Waals surface area contributed by atoms with Crippen molar-refractivity contribution in [1.82, 2.24) is 20.4 Å². The fourth-order valence-electron chi connectivity index (χ4n) is 6.44. The first-order valence-corrected chi connectivity index (χ1v) is 19.0. The van der Waals surface area contributed by atoms with E-state index in [1.54, 1.807) is 18.7 Å². The second-order valence-corrected chi connectivity index (χ2v) is 15.2.